The average molecular weight is 276 g/mol. The van der Waals surface area contributed by atoms with E-state index in [-0.39, 0.29) is 5.91 Å². The quantitative estimate of drug-likeness (QED) is 0.793. The molecule has 2 aromatic heterocycles. The van der Waals surface area contributed by atoms with Crippen molar-refractivity contribution >= 4 is 17.4 Å². The Morgan fingerprint density at radius 3 is 2.80 bits per heavy atom. The van der Waals surface area contributed by atoms with Crippen LogP contribution < -0.4 is 11.1 Å². The molecule has 0 radical (unpaired) electrons. The molecular formula is C13H20N6O. The largest absolute Gasteiger partial charge is 0.395 e. The van der Waals surface area contributed by atoms with E-state index >= 15 is 0 Å². The molecule has 2 heterocycles. The molecule has 0 unspecified atom stereocenters. The number of anilines is 2. The number of nitrogen functional groups attached to an aromatic ring is 1. The number of aromatic amines is 1. The molecule has 0 saturated carbocycles. The van der Waals surface area contributed by atoms with Crippen LogP contribution in [-0.2, 0) is 6.54 Å². The highest BCUT2D eigenvalue weighted by molar-refractivity contribution is 6.06. The van der Waals surface area contributed by atoms with E-state index in [1.54, 1.807) is 11.6 Å². The molecule has 0 aliphatic rings. The van der Waals surface area contributed by atoms with Crippen LogP contribution >= 0.6 is 0 Å². The molecule has 7 heteroatoms. The Hall–Kier alpha value is -2.31. The number of carbonyl (C=O) groups excluding carboxylic acids is 1. The number of carbonyl (C=O) groups is 1. The van der Waals surface area contributed by atoms with Crippen LogP contribution in [0.2, 0.25) is 0 Å². The van der Waals surface area contributed by atoms with Crippen LogP contribution in [0.3, 0.4) is 0 Å². The van der Waals surface area contributed by atoms with Crippen molar-refractivity contribution < 1.29 is 4.79 Å². The second-order valence-corrected chi connectivity index (χ2v) is 4.98. The molecule has 0 aromatic carbocycles. The second-order valence-electron chi connectivity index (χ2n) is 4.98. The van der Waals surface area contributed by atoms with Gasteiger partial charge in [-0.15, -0.1) is 0 Å². The van der Waals surface area contributed by atoms with Crippen LogP contribution in [0.15, 0.2) is 6.07 Å². The van der Waals surface area contributed by atoms with Gasteiger partial charge >= 0.3 is 0 Å². The number of nitrogens with one attached hydrogen (secondary N) is 2. The minimum Gasteiger partial charge on any atom is -0.395 e. The SMILES string of the molecule is CCn1nc(C)c(N)c1C(=O)Nc1cc(C(C)C)[nH]n1. The molecule has 0 aliphatic heterocycles. The highest BCUT2D eigenvalue weighted by Gasteiger charge is 2.20. The van der Waals surface area contributed by atoms with E-state index in [9.17, 15) is 4.79 Å². The van der Waals surface area contributed by atoms with Crippen LogP contribution in [0.25, 0.3) is 0 Å². The van der Waals surface area contributed by atoms with Gasteiger partial charge in [0, 0.05) is 18.3 Å². The van der Waals surface area contributed by atoms with Gasteiger partial charge in [-0.05, 0) is 19.8 Å². The molecule has 0 fully saturated rings. The lowest BCUT2D eigenvalue weighted by Crippen LogP contribution is -2.19. The Morgan fingerprint density at radius 1 is 1.55 bits per heavy atom. The fourth-order valence-electron chi connectivity index (χ4n) is 1.94. The van der Waals surface area contributed by atoms with Crippen LogP contribution in [0.4, 0.5) is 11.5 Å². The molecule has 7 nitrogen and oxygen atoms in total. The Kier molecular flexibility index (Phi) is 3.78. The third-order valence-corrected chi connectivity index (χ3v) is 3.15. The first-order chi connectivity index (χ1) is 9.43. The van der Waals surface area contributed by atoms with E-state index in [1.165, 1.54) is 0 Å². The zero-order valence-corrected chi connectivity index (χ0v) is 12.2. The Morgan fingerprint density at radius 2 is 2.25 bits per heavy atom. The van der Waals surface area contributed by atoms with E-state index < -0.39 is 0 Å². The molecule has 0 bridgehead atoms. The maximum Gasteiger partial charge on any atom is 0.277 e. The van der Waals surface area contributed by atoms with Crippen molar-refractivity contribution in [3.63, 3.8) is 0 Å². The van der Waals surface area contributed by atoms with Gasteiger partial charge in [0.25, 0.3) is 5.91 Å². The number of H-pyrrole nitrogens is 1. The van der Waals surface area contributed by atoms with Gasteiger partial charge in [0.05, 0.1) is 11.4 Å². The van der Waals surface area contributed by atoms with Crippen LogP contribution in [-0.4, -0.2) is 25.9 Å². The molecule has 2 aromatic rings. The Labute approximate surface area is 117 Å². The minimum absolute atomic E-state index is 0.299. The van der Waals surface area contributed by atoms with Crippen molar-refractivity contribution in [2.45, 2.75) is 40.2 Å². The normalized spacial score (nSPS) is 11.1. The first-order valence-electron chi connectivity index (χ1n) is 6.63. The van der Waals surface area contributed by atoms with Gasteiger partial charge in [0.15, 0.2) is 5.82 Å². The summed E-state index contributed by atoms with van der Waals surface area (Å²) in [6.45, 7) is 8.37. The van der Waals surface area contributed by atoms with Gasteiger partial charge in [-0.25, -0.2) is 0 Å². The zero-order valence-electron chi connectivity index (χ0n) is 12.2. The number of rotatable bonds is 4. The maximum absolute atomic E-state index is 12.3. The lowest BCUT2D eigenvalue weighted by atomic mass is 10.1. The van der Waals surface area contributed by atoms with Gasteiger partial charge in [0.1, 0.15) is 5.69 Å². The van der Waals surface area contributed by atoms with Crippen molar-refractivity contribution in [1.29, 1.82) is 0 Å². The lowest BCUT2D eigenvalue weighted by Gasteiger charge is -2.05. The lowest BCUT2D eigenvalue weighted by molar-refractivity contribution is 0.101. The van der Waals surface area contributed by atoms with Gasteiger partial charge < -0.3 is 11.1 Å². The van der Waals surface area contributed by atoms with Crippen molar-refractivity contribution in [2.24, 2.45) is 0 Å². The summed E-state index contributed by atoms with van der Waals surface area (Å²) in [5.41, 5.74) is 8.32. The zero-order chi connectivity index (χ0) is 14.9. The third kappa shape index (κ3) is 2.52. The number of amides is 1. The number of aromatic nitrogens is 4. The molecule has 1 amide bonds. The molecule has 2 rings (SSSR count). The molecular weight excluding hydrogens is 256 g/mol. The van der Waals surface area contributed by atoms with Crippen LogP contribution in [0.1, 0.15) is 48.6 Å². The summed E-state index contributed by atoms with van der Waals surface area (Å²) < 4.78 is 1.59. The number of hydrogen-bond acceptors (Lipinski definition) is 4. The monoisotopic (exact) mass is 276 g/mol. The Balaban J connectivity index is 2.23. The maximum atomic E-state index is 12.3. The fraction of sp³-hybridized carbons (Fsp3) is 0.462. The van der Waals surface area contributed by atoms with Crippen LogP contribution in [0, 0.1) is 6.92 Å². The fourth-order valence-corrected chi connectivity index (χ4v) is 1.94. The highest BCUT2D eigenvalue weighted by Crippen LogP contribution is 2.19. The van der Waals surface area contributed by atoms with Gasteiger partial charge in [0.2, 0.25) is 0 Å². The molecule has 0 atom stereocenters. The van der Waals surface area contributed by atoms with Gasteiger partial charge in [-0.3, -0.25) is 14.6 Å². The summed E-state index contributed by atoms with van der Waals surface area (Å²) >= 11 is 0. The number of nitrogens with two attached hydrogens (primary N) is 1. The summed E-state index contributed by atoms with van der Waals surface area (Å²) in [5, 5.41) is 13.9. The topological polar surface area (TPSA) is 102 Å². The molecule has 0 spiro atoms. The smallest absolute Gasteiger partial charge is 0.277 e. The standard InChI is InChI=1S/C13H20N6O/c1-5-19-12(11(14)8(4)18-19)13(20)15-10-6-9(7(2)3)16-17-10/h6-7H,5,14H2,1-4H3,(H2,15,16,17,20). The highest BCUT2D eigenvalue weighted by atomic mass is 16.2. The first-order valence-corrected chi connectivity index (χ1v) is 6.63. The molecule has 4 N–H and O–H groups in total. The van der Waals surface area contributed by atoms with Crippen LogP contribution in [0.5, 0.6) is 0 Å². The summed E-state index contributed by atoms with van der Waals surface area (Å²) in [4.78, 5) is 12.3. The molecule has 20 heavy (non-hydrogen) atoms. The van der Waals surface area contributed by atoms with Crippen molar-refractivity contribution in [1.82, 2.24) is 20.0 Å². The van der Waals surface area contributed by atoms with E-state index in [4.69, 9.17) is 5.73 Å². The summed E-state index contributed by atoms with van der Waals surface area (Å²) in [6, 6.07) is 1.82. The van der Waals surface area contributed by atoms with E-state index in [0.29, 0.717) is 35.4 Å². The predicted octanol–water partition coefficient (Wildman–Crippen LogP) is 1.89. The second kappa shape index (κ2) is 5.36. The summed E-state index contributed by atoms with van der Waals surface area (Å²) in [5.74, 6) is 0.507. The Bertz CT molecular complexity index is 625. The first kappa shape index (κ1) is 14.1. The van der Waals surface area contributed by atoms with Gasteiger partial charge in [-0.2, -0.15) is 10.2 Å². The van der Waals surface area contributed by atoms with E-state index in [0.717, 1.165) is 5.69 Å². The number of aryl methyl sites for hydroxylation is 2. The molecule has 0 saturated heterocycles. The molecule has 0 aliphatic carbocycles. The van der Waals surface area contributed by atoms with E-state index in [2.05, 4.69) is 20.6 Å². The summed E-state index contributed by atoms with van der Waals surface area (Å²) in [6.07, 6.45) is 0. The third-order valence-electron chi connectivity index (χ3n) is 3.15. The van der Waals surface area contributed by atoms with Crippen molar-refractivity contribution in [2.75, 3.05) is 11.1 Å². The minimum atomic E-state index is -0.299. The average Bonchev–Trinajstić information content (AvgIpc) is 2.95. The van der Waals surface area contributed by atoms with Gasteiger partial charge in [-0.1, -0.05) is 13.8 Å². The number of hydrogen-bond donors (Lipinski definition) is 3. The molecule has 108 valence electrons. The van der Waals surface area contributed by atoms with Crippen molar-refractivity contribution in [3.8, 4) is 0 Å². The van der Waals surface area contributed by atoms with Crippen molar-refractivity contribution in [3.05, 3.63) is 23.1 Å². The summed E-state index contributed by atoms with van der Waals surface area (Å²) in [7, 11) is 0. The predicted molar refractivity (Wildman–Crippen MR) is 77.7 cm³/mol. The van der Waals surface area contributed by atoms with E-state index in [1.807, 2.05) is 26.8 Å². The number of nitrogens with zero attached hydrogens (tertiary/aromatic N) is 3.